The summed E-state index contributed by atoms with van der Waals surface area (Å²) in [5, 5.41) is 0. The molecule has 108 valence electrons. The molecule has 0 aliphatic carbocycles. The van der Waals surface area contributed by atoms with Crippen LogP contribution in [0, 0.1) is 32.6 Å². The lowest BCUT2D eigenvalue weighted by Crippen LogP contribution is -1.99. The Kier molecular flexibility index (Phi) is 3.67. The third-order valence-corrected chi connectivity index (χ3v) is 3.13. The summed E-state index contributed by atoms with van der Waals surface area (Å²) in [4.78, 5) is 17.2. The summed E-state index contributed by atoms with van der Waals surface area (Å²) in [5.74, 6) is 7.74. The van der Waals surface area contributed by atoms with Gasteiger partial charge < -0.3 is 0 Å². The fraction of sp³-hybridized carbons (Fsp3) is 0.176. The van der Waals surface area contributed by atoms with Gasteiger partial charge in [0.15, 0.2) is 5.82 Å². The van der Waals surface area contributed by atoms with Gasteiger partial charge in [-0.1, -0.05) is 5.92 Å². The standard InChI is InChI=1S/C17H15N5/c1-12-8-15(6-7-18-12)4-5-16-11-22(14(3)21-16)17-10-19-13(2)9-20-17/h6-11H,1-3H3. The molecule has 0 saturated heterocycles. The van der Waals surface area contributed by atoms with Gasteiger partial charge in [0.25, 0.3) is 0 Å². The quantitative estimate of drug-likeness (QED) is 0.645. The molecular weight excluding hydrogens is 274 g/mol. The fourth-order valence-electron chi connectivity index (χ4n) is 2.03. The van der Waals surface area contributed by atoms with Crippen molar-refractivity contribution in [1.29, 1.82) is 0 Å². The Hall–Kier alpha value is -3.00. The summed E-state index contributed by atoms with van der Waals surface area (Å²) < 4.78 is 1.88. The minimum absolute atomic E-state index is 0.703. The summed E-state index contributed by atoms with van der Waals surface area (Å²) in [7, 11) is 0. The maximum Gasteiger partial charge on any atom is 0.156 e. The summed E-state index contributed by atoms with van der Waals surface area (Å²) in [6.45, 7) is 5.77. The summed E-state index contributed by atoms with van der Waals surface area (Å²) in [5.41, 5.74) is 3.46. The number of hydrogen-bond donors (Lipinski definition) is 0. The molecule has 0 fully saturated rings. The van der Waals surface area contributed by atoms with E-state index < -0.39 is 0 Å². The molecule has 3 aromatic heterocycles. The topological polar surface area (TPSA) is 56.5 Å². The van der Waals surface area contributed by atoms with Crippen LogP contribution in [0.4, 0.5) is 0 Å². The molecule has 3 aromatic rings. The Morgan fingerprint density at radius 2 is 1.82 bits per heavy atom. The van der Waals surface area contributed by atoms with E-state index in [0.717, 1.165) is 28.6 Å². The van der Waals surface area contributed by atoms with Crippen molar-refractivity contribution in [1.82, 2.24) is 24.5 Å². The van der Waals surface area contributed by atoms with Gasteiger partial charge in [0.1, 0.15) is 11.5 Å². The molecule has 0 aliphatic rings. The minimum atomic E-state index is 0.703. The van der Waals surface area contributed by atoms with Gasteiger partial charge in [0, 0.05) is 23.7 Å². The van der Waals surface area contributed by atoms with Crippen LogP contribution in [0.3, 0.4) is 0 Å². The SMILES string of the molecule is Cc1cnc(-n2cc(C#Cc3ccnc(C)c3)nc2C)cn1. The summed E-state index contributed by atoms with van der Waals surface area (Å²) >= 11 is 0. The molecule has 0 radical (unpaired) electrons. The molecule has 0 N–H and O–H groups in total. The van der Waals surface area contributed by atoms with Crippen molar-refractivity contribution >= 4 is 0 Å². The van der Waals surface area contributed by atoms with Gasteiger partial charge in [-0.15, -0.1) is 0 Å². The molecule has 3 heterocycles. The van der Waals surface area contributed by atoms with E-state index in [-0.39, 0.29) is 0 Å². The van der Waals surface area contributed by atoms with Crippen LogP contribution < -0.4 is 0 Å². The Labute approximate surface area is 129 Å². The Balaban J connectivity index is 1.91. The van der Waals surface area contributed by atoms with Gasteiger partial charge in [-0.25, -0.2) is 9.97 Å². The fourth-order valence-corrected chi connectivity index (χ4v) is 2.03. The molecule has 3 rings (SSSR count). The normalized spacial score (nSPS) is 10.1. The van der Waals surface area contributed by atoms with E-state index in [1.165, 1.54) is 0 Å². The molecule has 0 atom stereocenters. The number of imidazole rings is 1. The lowest BCUT2D eigenvalue weighted by atomic mass is 10.2. The lowest BCUT2D eigenvalue weighted by molar-refractivity contribution is 0.910. The maximum atomic E-state index is 4.45. The average molecular weight is 289 g/mol. The van der Waals surface area contributed by atoms with Crippen molar-refractivity contribution in [3.8, 4) is 17.7 Å². The first-order valence-electron chi connectivity index (χ1n) is 6.91. The molecule has 0 amide bonds. The van der Waals surface area contributed by atoms with Crippen molar-refractivity contribution in [2.24, 2.45) is 0 Å². The number of hydrogen-bond acceptors (Lipinski definition) is 4. The Bertz CT molecular complexity index is 866. The highest BCUT2D eigenvalue weighted by molar-refractivity contribution is 5.40. The highest BCUT2D eigenvalue weighted by Gasteiger charge is 2.05. The molecule has 0 unspecified atom stereocenters. The highest BCUT2D eigenvalue weighted by Crippen LogP contribution is 2.09. The first-order valence-corrected chi connectivity index (χ1v) is 6.91. The molecule has 0 bridgehead atoms. The van der Waals surface area contributed by atoms with E-state index >= 15 is 0 Å². The monoisotopic (exact) mass is 289 g/mol. The molecule has 0 aromatic carbocycles. The third-order valence-electron chi connectivity index (χ3n) is 3.13. The van der Waals surface area contributed by atoms with Crippen LogP contribution in [0.1, 0.15) is 28.5 Å². The van der Waals surface area contributed by atoms with E-state index in [1.54, 1.807) is 18.6 Å². The zero-order chi connectivity index (χ0) is 15.5. The van der Waals surface area contributed by atoms with Crippen molar-refractivity contribution in [2.45, 2.75) is 20.8 Å². The number of rotatable bonds is 1. The second-order valence-electron chi connectivity index (χ2n) is 5.00. The summed E-state index contributed by atoms with van der Waals surface area (Å²) in [6.07, 6.45) is 7.09. The van der Waals surface area contributed by atoms with Crippen LogP contribution in [0.15, 0.2) is 36.9 Å². The highest BCUT2D eigenvalue weighted by atomic mass is 15.1. The smallest absolute Gasteiger partial charge is 0.156 e. The lowest BCUT2D eigenvalue weighted by Gasteiger charge is -2.02. The maximum absolute atomic E-state index is 4.45. The zero-order valence-electron chi connectivity index (χ0n) is 12.7. The van der Waals surface area contributed by atoms with Gasteiger partial charge in [-0.05, 0) is 38.8 Å². The van der Waals surface area contributed by atoms with Gasteiger partial charge in [0.2, 0.25) is 0 Å². The van der Waals surface area contributed by atoms with Crippen LogP contribution in [0.25, 0.3) is 5.82 Å². The second kappa shape index (κ2) is 5.78. The van der Waals surface area contributed by atoms with Crippen LogP contribution in [-0.2, 0) is 0 Å². The molecule has 22 heavy (non-hydrogen) atoms. The van der Waals surface area contributed by atoms with Gasteiger partial charge >= 0.3 is 0 Å². The first-order chi connectivity index (χ1) is 10.6. The Morgan fingerprint density at radius 3 is 2.55 bits per heavy atom. The summed E-state index contributed by atoms with van der Waals surface area (Å²) in [6, 6.07) is 3.83. The first kappa shape index (κ1) is 14.0. The number of pyridine rings is 1. The number of aryl methyl sites for hydroxylation is 3. The van der Waals surface area contributed by atoms with Crippen molar-refractivity contribution in [2.75, 3.05) is 0 Å². The minimum Gasteiger partial charge on any atom is -0.286 e. The molecule has 0 aliphatic heterocycles. The molecule has 0 saturated carbocycles. The third kappa shape index (κ3) is 3.01. The predicted octanol–water partition coefficient (Wildman–Crippen LogP) is 2.38. The van der Waals surface area contributed by atoms with E-state index in [0.29, 0.717) is 5.69 Å². The zero-order valence-corrected chi connectivity index (χ0v) is 12.7. The van der Waals surface area contributed by atoms with Crippen LogP contribution in [0.2, 0.25) is 0 Å². The van der Waals surface area contributed by atoms with Crippen molar-refractivity contribution in [3.05, 3.63) is 65.4 Å². The van der Waals surface area contributed by atoms with E-state index in [9.17, 15) is 0 Å². The van der Waals surface area contributed by atoms with E-state index in [2.05, 4.69) is 31.8 Å². The largest absolute Gasteiger partial charge is 0.286 e. The van der Waals surface area contributed by atoms with E-state index in [1.807, 2.05) is 43.7 Å². The second-order valence-corrected chi connectivity index (χ2v) is 5.00. The Morgan fingerprint density at radius 1 is 0.955 bits per heavy atom. The van der Waals surface area contributed by atoms with Gasteiger partial charge in [-0.2, -0.15) is 0 Å². The van der Waals surface area contributed by atoms with Crippen molar-refractivity contribution in [3.63, 3.8) is 0 Å². The molecule has 5 heteroatoms. The number of aromatic nitrogens is 5. The van der Waals surface area contributed by atoms with Crippen LogP contribution in [-0.4, -0.2) is 24.5 Å². The van der Waals surface area contributed by atoms with Gasteiger partial charge in [0.05, 0.1) is 18.1 Å². The molecular formula is C17H15N5. The van der Waals surface area contributed by atoms with Crippen molar-refractivity contribution < 1.29 is 0 Å². The van der Waals surface area contributed by atoms with Gasteiger partial charge in [-0.3, -0.25) is 14.5 Å². The average Bonchev–Trinajstić information content (AvgIpc) is 2.87. The predicted molar refractivity (Wildman–Crippen MR) is 83.6 cm³/mol. The van der Waals surface area contributed by atoms with Crippen LogP contribution in [0.5, 0.6) is 0 Å². The molecule has 0 spiro atoms. The van der Waals surface area contributed by atoms with E-state index in [4.69, 9.17) is 0 Å². The van der Waals surface area contributed by atoms with Crippen LogP contribution >= 0.6 is 0 Å². The molecule has 5 nitrogen and oxygen atoms in total. The number of nitrogens with zero attached hydrogens (tertiary/aromatic N) is 5.